The second-order valence-electron chi connectivity index (χ2n) is 5.39. The van der Waals surface area contributed by atoms with Crippen molar-refractivity contribution in [1.29, 1.82) is 0 Å². The zero-order valence-electron chi connectivity index (χ0n) is 10.7. The van der Waals surface area contributed by atoms with Crippen molar-refractivity contribution in [2.75, 3.05) is 0 Å². The maximum atomic E-state index is 4.96. The first-order valence-corrected chi connectivity index (χ1v) is 5.71. The van der Waals surface area contributed by atoms with E-state index in [4.69, 9.17) is 4.52 Å². The van der Waals surface area contributed by atoms with Gasteiger partial charge >= 0.3 is 0 Å². The minimum absolute atomic E-state index is 0.221. The summed E-state index contributed by atoms with van der Waals surface area (Å²) in [5, 5.41) is 3.87. The number of pyridine rings is 1. The SMILES string of the molecule is Cc1nc(-c2cccc(CC(C)(C)C)n2)no1. The van der Waals surface area contributed by atoms with Gasteiger partial charge in [-0.3, -0.25) is 0 Å². The van der Waals surface area contributed by atoms with Gasteiger partial charge in [0.15, 0.2) is 0 Å². The molecular weight excluding hydrogens is 214 g/mol. The molecule has 2 aromatic heterocycles. The van der Waals surface area contributed by atoms with E-state index in [1.807, 2.05) is 18.2 Å². The first-order valence-electron chi connectivity index (χ1n) is 5.71. The molecule has 0 spiro atoms. The second kappa shape index (κ2) is 4.28. The third-order valence-corrected chi connectivity index (χ3v) is 2.27. The van der Waals surface area contributed by atoms with E-state index in [0.29, 0.717) is 11.7 Å². The standard InChI is InChI=1S/C13H17N3O/c1-9-14-12(16-17-9)11-7-5-6-10(15-11)8-13(2,3)4/h5-7H,8H2,1-4H3. The summed E-state index contributed by atoms with van der Waals surface area (Å²) in [4.78, 5) is 8.73. The molecule has 17 heavy (non-hydrogen) atoms. The normalized spacial score (nSPS) is 11.8. The van der Waals surface area contributed by atoms with Gasteiger partial charge in [0.05, 0.1) is 0 Å². The first kappa shape index (κ1) is 11.8. The van der Waals surface area contributed by atoms with E-state index in [1.54, 1.807) is 6.92 Å². The van der Waals surface area contributed by atoms with Gasteiger partial charge in [-0.1, -0.05) is 32.0 Å². The van der Waals surface area contributed by atoms with Gasteiger partial charge in [0.1, 0.15) is 5.69 Å². The van der Waals surface area contributed by atoms with Gasteiger partial charge in [-0.05, 0) is 24.0 Å². The third-order valence-electron chi connectivity index (χ3n) is 2.27. The van der Waals surface area contributed by atoms with Crippen molar-refractivity contribution < 1.29 is 4.52 Å². The van der Waals surface area contributed by atoms with Crippen LogP contribution in [0.15, 0.2) is 22.7 Å². The Kier molecular flexibility index (Phi) is 2.96. The molecule has 0 aliphatic heterocycles. The summed E-state index contributed by atoms with van der Waals surface area (Å²) in [7, 11) is 0. The lowest BCUT2D eigenvalue weighted by atomic mass is 9.90. The Balaban J connectivity index is 2.29. The number of rotatable bonds is 2. The number of hydrogen-bond donors (Lipinski definition) is 0. The fourth-order valence-corrected chi connectivity index (χ4v) is 1.65. The molecule has 0 atom stereocenters. The molecule has 0 fully saturated rings. The van der Waals surface area contributed by atoms with E-state index >= 15 is 0 Å². The van der Waals surface area contributed by atoms with Gasteiger partial charge in [0, 0.05) is 12.6 Å². The van der Waals surface area contributed by atoms with Crippen molar-refractivity contribution in [3.8, 4) is 11.5 Å². The van der Waals surface area contributed by atoms with E-state index in [9.17, 15) is 0 Å². The maximum absolute atomic E-state index is 4.96. The molecule has 90 valence electrons. The van der Waals surface area contributed by atoms with Crippen LogP contribution in [0, 0.1) is 12.3 Å². The number of aryl methyl sites for hydroxylation is 1. The van der Waals surface area contributed by atoms with Crippen LogP contribution in [0.3, 0.4) is 0 Å². The van der Waals surface area contributed by atoms with E-state index in [-0.39, 0.29) is 5.41 Å². The van der Waals surface area contributed by atoms with Gasteiger partial charge in [0.25, 0.3) is 0 Å². The van der Waals surface area contributed by atoms with Gasteiger partial charge in [-0.15, -0.1) is 0 Å². The molecule has 0 aromatic carbocycles. The topological polar surface area (TPSA) is 51.8 Å². The van der Waals surface area contributed by atoms with Crippen LogP contribution in [0.25, 0.3) is 11.5 Å². The highest BCUT2D eigenvalue weighted by Crippen LogP contribution is 2.21. The summed E-state index contributed by atoms with van der Waals surface area (Å²) >= 11 is 0. The Morgan fingerprint density at radius 3 is 2.53 bits per heavy atom. The van der Waals surface area contributed by atoms with Crippen LogP contribution < -0.4 is 0 Å². The summed E-state index contributed by atoms with van der Waals surface area (Å²) in [5.74, 6) is 1.11. The van der Waals surface area contributed by atoms with Crippen LogP contribution in [0.4, 0.5) is 0 Å². The summed E-state index contributed by atoms with van der Waals surface area (Å²) < 4.78 is 4.96. The van der Waals surface area contributed by atoms with Crippen molar-refractivity contribution in [2.45, 2.75) is 34.1 Å². The number of hydrogen-bond acceptors (Lipinski definition) is 4. The molecule has 2 rings (SSSR count). The van der Waals surface area contributed by atoms with Crippen LogP contribution >= 0.6 is 0 Å². The Hall–Kier alpha value is -1.71. The fourth-order valence-electron chi connectivity index (χ4n) is 1.65. The van der Waals surface area contributed by atoms with Crippen LogP contribution in [0.5, 0.6) is 0 Å². The molecule has 0 bridgehead atoms. The van der Waals surface area contributed by atoms with Crippen molar-refractivity contribution >= 4 is 0 Å². The molecule has 0 amide bonds. The first-order chi connectivity index (χ1) is 7.94. The van der Waals surface area contributed by atoms with Gasteiger partial charge in [-0.25, -0.2) is 4.98 Å². The van der Waals surface area contributed by atoms with Crippen LogP contribution in [0.1, 0.15) is 32.4 Å². The van der Waals surface area contributed by atoms with Crippen molar-refractivity contribution in [1.82, 2.24) is 15.1 Å². The summed E-state index contributed by atoms with van der Waals surface area (Å²) in [6.45, 7) is 8.36. The predicted octanol–water partition coefficient (Wildman–Crippen LogP) is 3.03. The Labute approximate surface area is 101 Å². The molecule has 0 saturated carbocycles. The molecule has 4 heteroatoms. The van der Waals surface area contributed by atoms with Crippen molar-refractivity contribution in [2.24, 2.45) is 5.41 Å². The summed E-state index contributed by atoms with van der Waals surface area (Å²) in [6, 6.07) is 5.91. The van der Waals surface area contributed by atoms with E-state index in [2.05, 4.69) is 35.9 Å². The Morgan fingerprint density at radius 1 is 1.18 bits per heavy atom. The predicted molar refractivity (Wildman–Crippen MR) is 65.4 cm³/mol. The lowest BCUT2D eigenvalue weighted by Crippen LogP contribution is -2.10. The third kappa shape index (κ3) is 3.12. The largest absolute Gasteiger partial charge is 0.339 e. The van der Waals surface area contributed by atoms with Crippen LogP contribution in [-0.4, -0.2) is 15.1 Å². The van der Waals surface area contributed by atoms with E-state index in [1.165, 1.54) is 0 Å². The smallest absolute Gasteiger partial charge is 0.223 e. The van der Waals surface area contributed by atoms with E-state index in [0.717, 1.165) is 17.8 Å². The van der Waals surface area contributed by atoms with Gasteiger partial charge < -0.3 is 4.52 Å². The van der Waals surface area contributed by atoms with Crippen LogP contribution in [-0.2, 0) is 6.42 Å². The number of nitrogens with zero attached hydrogens (tertiary/aromatic N) is 3. The number of aromatic nitrogens is 3. The zero-order chi connectivity index (χ0) is 12.5. The van der Waals surface area contributed by atoms with Gasteiger partial charge in [-0.2, -0.15) is 4.98 Å². The Morgan fingerprint density at radius 2 is 1.94 bits per heavy atom. The highest BCUT2D eigenvalue weighted by Gasteiger charge is 2.14. The quantitative estimate of drug-likeness (QED) is 0.797. The van der Waals surface area contributed by atoms with Crippen molar-refractivity contribution in [3.63, 3.8) is 0 Å². The minimum Gasteiger partial charge on any atom is -0.339 e. The summed E-state index contributed by atoms with van der Waals surface area (Å²) in [5.41, 5.74) is 2.04. The highest BCUT2D eigenvalue weighted by molar-refractivity contribution is 5.48. The fraction of sp³-hybridized carbons (Fsp3) is 0.462. The molecule has 0 aliphatic rings. The van der Waals surface area contributed by atoms with Crippen LogP contribution in [0.2, 0.25) is 0 Å². The highest BCUT2D eigenvalue weighted by atomic mass is 16.5. The molecule has 2 aromatic rings. The molecule has 2 heterocycles. The monoisotopic (exact) mass is 231 g/mol. The average molecular weight is 231 g/mol. The minimum atomic E-state index is 0.221. The zero-order valence-corrected chi connectivity index (χ0v) is 10.7. The average Bonchev–Trinajstić information content (AvgIpc) is 2.63. The van der Waals surface area contributed by atoms with Crippen molar-refractivity contribution in [3.05, 3.63) is 29.8 Å². The molecule has 0 N–H and O–H groups in total. The molecule has 0 unspecified atom stereocenters. The molecule has 0 radical (unpaired) electrons. The molecular formula is C13H17N3O. The molecule has 0 aliphatic carbocycles. The second-order valence-corrected chi connectivity index (χ2v) is 5.39. The molecule has 0 saturated heterocycles. The lowest BCUT2D eigenvalue weighted by molar-refractivity contribution is 0.394. The maximum Gasteiger partial charge on any atom is 0.223 e. The van der Waals surface area contributed by atoms with Gasteiger partial charge in [0.2, 0.25) is 11.7 Å². The molecule has 4 nitrogen and oxygen atoms in total. The lowest BCUT2D eigenvalue weighted by Gasteiger charge is -2.17. The van der Waals surface area contributed by atoms with E-state index < -0.39 is 0 Å². The Bertz CT molecular complexity index is 511. The summed E-state index contributed by atoms with van der Waals surface area (Å²) in [6.07, 6.45) is 0.928.